The van der Waals surface area contributed by atoms with Crippen molar-refractivity contribution in [3.8, 4) is 0 Å². The monoisotopic (exact) mass is 354 g/mol. The lowest BCUT2D eigenvalue weighted by atomic mass is 9.58. The number of hydrogen-bond donors (Lipinski definition) is 0. The lowest BCUT2D eigenvalue weighted by molar-refractivity contribution is -0.576. The summed E-state index contributed by atoms with van der Waals surface area (Å²) in [5.41, 5.74) is -0.596. The molecule has 4 saturated heterocycles. The molecule has 1 saturated carbocycles. The molecule has 5 aliphatic rings. The summed E-state index contributed by atoms with van der Waals surface area (Å²) >= 11 is 0. The predicted octanol–water partition coefficient (Wildman–Crippen LogP) is 3.54. The van der Waals surface area contributed by atoms with Crippen LogP contribution < -0.4 is 0 Å². The van der Waals surface area contributed by atoms with Crippen molar-refractivity contribution in [2.75, 3.05) is 0 Å². The first kappa shape index (κ1) is 17.7. The predicted molar refractivity (Wildman–Crippen MR) is 87.8 cm³/mol. The van der Waals surface area contributed by atoms with Crippen LogP contribution in [0.25, 0.3) is 0 Å². The number of esters is 1. The van der Waals surface area contributed by atoms with Gasteiger partial charge in [0.05, 0.1) is 0 Å². The van der Waals surface area contributed by atoms with E-state index >= 15 is 0 Å². The fraction of sp³-hybridized carbons (Fsp3) is 0.947. The Kier molecular flexibility index (Phi) is 4.38. The average Bonchev–Trinajstić information content (AvgIpc) is 2.79. The van der Waals surface area contributed by atoms with Gasteiger partial charge in [-0.1, -0.05) is 20.8 Å². The first-order chi connectivity index (χ1) is 11.9. The van der Waals surface area contributed by atoms with E-state index in [1.54, 1.807) is 0 Å². The van der Waals surface area contributed by atoms with Crippen molar-refractivity contribution in [3.63, 3.8) is 0 Å². The molecule has 4 heterocycles. The molecular weight excluding hydrogens is 324 g/mol. The number of fused-ring (bicyclic) bond motifs is 2. The van der Waals surface area contributed by atoms with Crippen LogP contribution in [0.5, 0.6) is 0 Å². The van der Waals surface area contributed by atoms with Gasteiger partial charge in [-0.25, -0.2) is 9.78 Å². The van der Waals surface area contributed by atoms with Gasteiger partial charge in [0.15, 0.2) is 11.9 Å². The Hall–Kier alpha value is -0.690. The largest absolute Gasteiger partial charge is 0.435 e. The molecule has 25 heavy (non-hydrogen) atoms. The number of hydrogen-bond acceptors (Lipinski definition) is 6. The van der Waals surface area contributed by atoms with Gasteiger partial charge in [0, 0.05) is 24.7 Å². The Bertz CT molecular complexity index is 538. The minimum Gasteiger partial charge on any atom is -0.435 e. The lowest BCUT2D eigenvalue weighted by Crippen LogP contribution is -2.70. The van der Waals surface area contributed by atoms with Crippen LogP contribution in [0, 0.1) is 23.7 Å². The van der Waals surface area contributed by atoms with Crippen molar-refractivity contribution in [3.05, 3.63) is 0 Å². The Labute approximate surface area is 149 Å². The molecule has 6 nitrogen and oxygen atoms in total. The van der Waals surface area contributed by atoms with E-state index in [0.717, 1.165) is 32.1 Å². The highest BCUT2D eigenvalue weighted by Gasteiger charge is 2.69. The summed E-state index contributed by atoms with van der Waals surface area (Å²) < 4.78 is 18.1. The average molecular weight is 354 g/mol. The molecule has 1 spiro atoms. The summed E-state index contributed by atoms with van der Waals surface area (Å²) in [6, 6.07) is 0. The smallest absolute Gasteiger partial charge is 0.308 e. The minimum absolute atomic E-state index is 0.0433. The molecule has 4 aliphatic heterocycles. The van der Waals surface area contributed by atoms with Crippen LogP contribution in [0.4, 0.5) is 0 Å². The van der Waals surface area contributed by atoms with Crippen molar-refractivity contribution in [1.82, 2.24) is 0 Å². The van der Waals surface area contributed by atoms with Crippen LogP contribution in [-0.2, 0) is 28.8 Å². The molecule has 5 rings (SSSR count). The zero-order chi connectivity index (χ0) is 17.8. The minimum atomic E-state index is -0.796. The summed E-state index contributed by atoms with van der Waals surface area (Å²) in [5, 5.41) is 0. The molecule has 1 aliphatic carbocycles. The van der Waals surface area contributed by atoms with Gasteiger partial charge >= 0.3 is 5.97 Å². The van der Waals surface area contributed by atoms with Crippen molar-refractivity contribution in [2.45, 2.75) is 90.2 Å². The van der Waals surface area contributed by atoms with Gasteiger partial charge in [0.1, 0.15) is 0 Å². The normalized spacial score (nSPS) is 51.5. The number of ether oxygens (including phenoxy) is 3. The van der Waals surface area contributed by atoms with Gasteiger partial charge in [-0.3, -0.25) is 4.79 Å². The first-order valence-electron chi connectivity index (χ1n) is 9.79. The molecule has 0 aromatic carbocycles. The van der Waals surface area contributed by atoms with Gasteiger partial charge < -0.3 is 14.2 Å². The van der Waals surface area contributed by atoms with Crippen LogP contribution in [-0.4, -0.2) is 29.9 Å². The van der Waals surface area contributed by atoms with Crippen LogP contribution >= 0.6 is 0 Å². The van der Waals surface area contributed by atoms with E-state index in [-0.39, 0.29) is 17.8 Å². The van der Waals surface area contributed by atoms with Crippen LogP contribution in [0.15, 0.2) is 0 Å². The standard InChI is InChI=1S/C19H30O6/c1-5-6-15(20)21-16-12(3)14-8-7-11(2)13-9-10-18(4)23-17(22-16)19(13,14)25-24-18/h11-14,16-17H,5-10H2,1-4H3/t11-,12-,13+,14?,16?,17-,18?,19-/m1/s1. The van der Waals surface area contributed by atoms with Gasteiger partial charge in [-0.05, 0) is 44.4 Å². The van der Waals surface area contributed by atoms with E-state index in [1.807, 2.05) is 13.8 Å². The molecule has 3 unspecified atom stereocenters. The fourth-order valence-corrected chi connectivity index (χ4v) is 5.40. The maximum atomic E-state index is 12.0. The number of rotatable bonds is 3. The lowest BCUT2D eigenvalue weighted by Gasteiger charge is -2.59. The second-order valence-electron chi connectivity index (χ2n) is 8.51. The third kappa shape index (κ3) is 2.64. The van der Waals surface area contributed by atoms with E-state index in [4.69, 9.17) is 24.0 Å². The number of carbonyl (C=O) groups excluding carboxylic acids is 1. The Balaban J connectivity index is 1.66. The quantitative estimate of drug-likeness (QED) is 0.571. The molecular formula is C19H30O6. The third-order valence-electron chi connectivity index (χ3n) is 6.80. The maximum Gasteiger partial charge on any atom is 0.308 e. The molecule has 0 N–H and O–H groups in total. The van der Waals surface area contributed by atoms with E-state index in [0.29, 0.717) is 18.3 Å². The second-order valence-corrected chi connectivity index (χ2v) is 8.51. The molecule has 0 amide bonds. The molecule has 8 atom stereocenters. The highest BCUT2D eigenvalue weighted by Crippen LogP contribution is 2.60. The summed E-state index contributed by atoms with van der Waals surface area (Å²) in [6.07, 6.45) is 3.97. The van der Waals surface area contributed by atoms with Crippen LogP contribution in [0.2, 0.25) is 0 Å². The van der Waals surface area contributed by atoms with Crippen molar-refractivity contribution in [1.29, 1.82) is 0 Å². The molecule has 2 bridgehead atoms. The zero-order valence-electron chi connectivity index (χ0n) is 15.7. The topological polar surface area (TPSA) is 63.2 Å². The summed E-state index contributed by atoms with van der Waals surface area (Å²) in [7, 11) is 0. The van der Waals surface area contributed by atoms with Crippen molar-refractivity contribution < 1.29 is 28.8 Å². The van der Waals surface area contributed by atoms with Gasteiger partial charge in [0.2, 0.25) is 12.1 Å². The van der Waals surface area contributed by atoms with E-state index in [1.165, 1.54) is 0 Å². The molecule has 142 valence electrons. The third-order valence-corrected chi connectivity index (χ3v) is 6.80. The summed E-state index contributed by atoms with van der Waals surface area (Å²) in [5.74, 6) is 0.0851. The maximum absolute atomic E-state index is 12.0. The first-order valence-corrected chi connectivity index (χ1v) is 9.79. The van der Waals surface area contributed by atoms with E-state index in [2.05, 4.69) is 13.8 Å². The van der Waals surface area contributed by atoms with Gasteiger partial charge in [0.25, 0.3) is 0 Å². The molecule has 5 fully saturated rings. The highest BCUT2D eigenvalue weighted by molar-refractivity contribution is 5.69. The fourth-order valence-electron chi connectivity index (χ4n) is 5.40. The Morgan fingerprint density at radius 1 is 1.16 bits per heavy atom. The van der Waals surface area contributed by atoms with E-state index in [9.17, 15) is 4.79 Å². The molecule has 0 radical (unpaired) electrons. The summed E-state index contributed by atoms with van der Waals surface area (Å²) in [6.45, 7) is 8.24. The molecule has 6 heteroatoms. The second kappa shape index (κ2) is 6.19. The Morgan fingerprint density at radius 3 is 2.72 bits per heavy atom. The number of carbonyl (C=O) groups is 1. The van der Waals surface area contributed by atoms with Gasteiger partial charge in [-0.15, -0.1) is 0 Å². The SMILES string of the molecule is CCCC(=O)OC1O[C@@H]2OC3(C)CC[C@H]4[C@H](C)CCC([C@H]1C)[C@@]24OO3. The van der Waals surface area contributed by atoms with Crippen molar-refractivity contribution in [2.24, 2.45) is 23.7 Å². The van der Waals surface area contributed by atoms with Gasteiger partial charge in [-0.2, -0.15) is 0 Å². The van der Waals surface area contributed by atoms with Crippen LogP contribution in [0.1, 0.15) is 66.2 Å². The Morgan fingerprint density at radius 2 is 1.96 bits per heavy atom. The van der Waals surface area contributed by atoms with E-state index < -0.39 is 24.0 Å². The van der Waals surface area contributed by atoms with Crippen LogP contribution in [0.3, 0.4) is 0 Å². The van der Waals surface area contributed by atoms with Crippen molar-refractivity contribution >= 4 is 5.97 Å². The molecule has 0 aromatic rings. The highest BCUT2D eigenvalue weighted by atomic mass is 17.3. The zero-order valence-corrected chi connectivity index (χ0v) is 15.7. The summed E-state index contributed by atoms with van der Waals surface area (Å²) in [4.78, 5) is 23.9. The molecule has 0 aromatic heterocycles.